The van der Waals surface area contributed by atoms with Crippen molar-refractivity contribution in [3.8, 4) is 11.5 Å². The molecule has 0 amide bonds. The van der Waals surface area contributed by atoms with Gasteiger partial charge in [0, 0.05) is 5.56 Å². The predicted molar refractivity (Wildman–Crippen MR) is 101 cm³/mol. The zero-order valence-corrected chi connectivity index (χ0v) is 15.9. The Morgan fingerprint density at radius 3 is 2.42 bits per heavy atom. The Balaban J connectivity index is 2.03. The number of ketones is 1. The van der Waals surface area contributed by atoms with E-state index in [9.17, 15) is 18.3 Å². The van der Waals surface area contributed by atoms with Gasteiger partial charge in [-0.2, -0.15) is 0 Å². The summed E-state index contributed by atoms with van der Waals surface area (Å²) in [5.74, 6) is 0.220. The van der Waals surface area contributed by atoms with Gasteiger partial charge in [-0.3, -0.25) is 4.79 Å². The Bertz CT molecular complexity index is 857. The van der Waals surface area contributed by atoms with Crippen LogP contribution in [0.1, 0.15) is 42.6 Å². The molecule has 0 spiro atoms. The molecule has 0 aliphatic rings. The molecule has 0 atom stereocenters. The zero-order valence-electron chi connectivity index (χ0n) is 15.1. The fourth-order valence-electron chi connectivity index (χ4n) is 2.71. The molecule has 0 heterocycles. The van der Waals surface area contributed by atoms with E-state index in [1.807, 2.05) is 6.92 Å². The summed E-state index contributed by atoms with van der Waals surface area (Å²) in [4.78, 5) is 11.9. The first-order chi connectivity index (χ1) is 12.4. The monoisotopic (exact) mass is 376 g/mol. The minimum atomic E-state index is -3.34. The first kappa shape index (κ1) is 20.0. The number of sulfone groups is 1. The second kappa shape index (κ2) is 8.85. The van der Waals surface area contributed by atoms with Crippen LogP contribution in [-0.2, 0) is 16.3 Å². The van der Waals surface area contributed by atoms with E-state index in [1.54, 1.807) is 36.4 Å². The van der Waals surface area contributed by atoms with Crippen molar-refractivity contribution in [3.05, 3.63) is 53.6 Å². The maximum Gasteiger partial charge on any atom is 0.178 e. The number of hydrogen-bond donors (Lipinski definition) is 1. The summed E-state index contributed by atoms with van der Waals surface area (Å²) < 4.78 is 30.2. The van der Waals surface area contributed by atoms with Gasteiger partial charge in [0.2, 0.25) is 0 Å². The van der Waals surface area contributed by atoms with Gasteiger partial charge < -0.3 is 9.84 Å². The minimum Gasteiger partial charge on any atom is -0.507 e. The number of hydrogen-bond acceptors (Lipinski definition) is 5. The van der Waals surface area contributed by atoms with Crippen molar-refractivity contribution in [2.45, 2.75) is 38.0 Å². The number of carbonyl (C=O) groups is 1. The molecule has 140 valence electrons. The maximum atomic E-state index is 12.3. The average Bonchev–Trinajstić information content (AvgIpc) is 2.62. The van der Waals surface area contributed by atoms with Gasteiger partial charge in [0.15, 0.2) is 15.6 Å². The number of phenols is 1. The molecule has 0 saturated carbocycles. The Labute approximate surface area is 154 Å². The van der Waals surface area contributed by atoms with Gasteiger partial charge in [-0.25, -0.2) is 8.42 Å². The second-order valence-electron chi connectivity index (χ2n) is 6.08. The topological polar surface area (TPSA) is 80.7 Å². The third-order valence-corrected chi connectivity index (χ3v) is 5.85. The van der Waals surface area contributed by atoms with Crippen LogP contribution in [0.3, 0.4) is 0 Å². The van der Waals surface area contributed by atoms with Gasteiger partial charge in [0.05, 0.1) is 22.8 Å². The molecule has 0 saturated heterocycles. The molecular weight excluding hydrogens is 352 g/mol. The van der Waals surface area contributed by atoms with E-state index in [2.05, 4.69) is 0 Å². The summed E-state index contributed by atoms with van der Waals surface area (Å²) in [7, 11) is -3.34. The number of rotatable bonds is 9. The van der Waals surface area contributed by atoms with Crippen molar-refractivity contribution in [2.24, 2.45) is 0 Å². The van der Waals surface area contributed by atoms with Crippen LogP contribution in [0.15, 0.2) is 47.4 Å². The Morgan fingerprint density at radius 1 is 1.12 bits per heavy atom. The molecule has 5 nitrogen and oxygen atoms in total. The van der Waals surface area contributed by atoms with Crippen molar-refractivity contribution in [1.82, 2.24) is 0 Å². The van der Waals surface area contributed by atoms with Crippen LogP contribution in [0.4, 0.5) is 0 Å². The lowest BCUT2D eigenvalue weighted by atomic mass is 10.0. The largest absolute Gasteiger partial charge is 0.507 e. The quantitative estimate of drug-likeness (QED) is 0.532. The average molecular weight is 376 g/mol. The first-order valence-corrected chi connectivity index (χ1v) is 10.3. The third kappa shape index (κ3) is 4.85. The van der Waals surface area contributed by atoms with Gasteiger partial charge in [0.1, 0.15) is 11.5 Å². The maximum absolute atomic E-state index is 12.3. The molecule has 6 heteroatoms. The summed E-state index contributed by atoms with van der Waals surface area (Å²) in [6.07, 6.45) is 1.69. The number of benzene rings is 2. The van der Waals surface area contributed by atoms with E-state index >= 15 is 0 Å². The van der Waals surface area contributed by atoms with Crippen LogP contribution in [0.25, 0.3) is 0 Å². The summed E-state index contributed by atoms with van der Waals surface area (Å²) in [5.41, 5.74) is 0.860. The van der Waals surface area contributed by atoms with Gasteiger partial charge in [-0.1, -0.05) is 31.5 Å². The van der Waals surface area contributed by atoms with E-state index < -0.39 is 9.84 Å². The van der Waals surface area contributed by atoms with Crippen molar-refractivity contribution < 1.29 is 23.1 Å². The highest BCUT2D eigenvalue weighted by Gasteiger charge is 2.17. The van der Waals surface area contributed by atoms with Gasteiger partial charge in [-0.05, 0) is 44.0 Å². The van der Waals surface area contributed by atoms with Gasteiger partial charge in [-0.15, -0.1) is 0 Å². The van der Waals surface area contributed by atoms with E-state index in [0.717, 1.165) is 6.42 Å². The minimum absolute atomic E-state index is 0.0162. The molecule has 0 unspecified atom stereocenters. The summed E-state index contributed by atoms with van der Waals surface area (Å²) in [6.45, 7) is 3.58. The van der Waals surface area contributed by atoms with Crippen LogP contribution in [0.5, 0.6) is 11.5 Å². The lowest BCUT2D eigenvalue weighted by Crippen LogP contribution is -2.11. The Morgan fingerprint density at radius 2 is 1.81 bits per heavy atom. The van der Waals surface area contributed by atoms with Gasteiger partial charge in [0.25, 0.3) is 0 Å². The van der Waals surface area contributed by atoms with E-state index in [4.69, 9.17) is 4.74 Å². The Hall–Kier alpha value is -2.34. The molecule has 0 radical (unpaired) electrons. The van der Waals surface area contributed by atoms with Crippen LogP contribution in [-0.4, -0.2) is 31.7 Å². The fourth-order valence-corrected chi connectivity index (χ4v) is 4.01. The van der Waals surface area contributed by atoms with Crippen LogP contribution in [0.2, 0.25) is 0 Å². The second-order valence-corrected chi connectivity index (χ2v) is 8.19. The number of Topliss-reactive ketones (excluding diaryl/α,β-unsaturated/α-hetero) is 1. The third-order valence-electron chi connectivity index (χ3n) is 4.04. The lowest BCUT2D eigenvalue weighted by Gasteiger charge is -2.14. The van der Waals surface area contributed by atoms with Crippen molar-refractivity contribution in [2.75, 3.05) is 12.4 Å². The van der Waals surface area contributed by atoms with Crippen LogP contribution in [0, 0.1) is 0 Å². The standard InChI is InChI=1S/C20H24O5S/c1-3-8-18-19(12-11-17(15(2)21)20(18)22)25-13-7-14-26(23,24)16-9-5-4-6-10-16/h4-6,9-12,22H,3,7-8,13-14H2,1-2H3. The molecule has 2 rings (SSSR count). The molecule has 0 aliphatic heterocycles. The van der Waals surface area contributed by atoms with E-state index in [-0.39, 0.29) is 29.5 Å². The lowest BCUT2D eigenvalue weighted by molar-refractivity contribution is 0.101. The van der Waals surface area contributed by atoms with E-state index in [0.29, 0.717) is 29.1 Å². The molecule has 0 aromatic heterocycles. The molecule has 0 bridgehead atoms. The summed E-state index contributed by atoms with van der Waals surface area (Å²) in [5, 5.41) is 10.3. The smallest absolute Gasteiger partial charge is 0.178 e. The molecular formula is C20H24O5S. The highest BCUT2D eigenvalue weighted by atomic mass is 32.2. The number of carbonyl (C=O) groups excluding carboxylic acids is 1. The first-order valence-electron chi connectivity index (χ1n) is 8.63. The fraction of sp³-hybridized carbons (Fsp3) is 0.350. The number of ether oxygens (including phenoxy) is 1. The highest BCUT2D eigenvalue weighted by Crippen LogP contribution is 2.33. The zero-order chi connectivity index (χ0) is 19.2. The summed E-state index contributed by atoms with van der Waals surface area (Å²) in [6, 6.07) is 11.5. The normalized spacial score (nSPS) is 11.3. The van der Waals surface area contributed by atoms with Crippen molar-refractivity contribution in [1.29, 1.82) is 0 Å². The predicted octanol–water partition coefficient (Wildman–Crippen LogP) is 3.79. The molecule has 1 N–H and O–H groups in total. The number of phenolic OH excluding ortho intramolecular Hbond substituents is 1. The Kier molecular flexibility index (Phi) is 6.80. The van der Waals surface area contributed by atoms with Crippen LogP contribution >= 0.6 is 0 Å². The van der Waals surface area contributed by atoms with Gasteiger partial charge >= 0.3 is 0 Å². The molecule has 2 aromatic rings. The SMILES string of the molecule is CCCc1c(OCCCS(=O)(=O)c2ccccc2)ccc(C(C)=O)c1O. The summed E-state index contributed by atoms with van der Waals surface area (Å²) >= 11 is 0. The molecule has 26 heavy (non-hydrogen) atoms. The van der Waals surface area contributed by atoms with Crippen molar-refractivity contribution in [3.63, 3.8) is 0 Å². The number of aromatic hydroxyl groups is 1. The van der Waals surface area contributed by atoms with Crippen LogP contribution < -0.4 is 4.74 Å². The molecule has 0 fully saturated rings. The van der Waals surface area contributed by atoms with Crippen molar-refractivity contribution >= 4 is 15.6 Å². The highest BCUT2D eigenvalue weighted by molar-refractivity contribution is 7.91. The van der Waals surface area contributed by atoms with E-state index in [1.165, 1.54) is 13.0 Å². The molecule has 0 aliphatic carbocycles. The molecule has 2 aromatic carbocycles.